The van der Waals surface area contributed by atoms with Crippen LogP contribution in [0.3, 0.4) is 0 Å². The third-order valence-electron chi connectivity index (χ3n) is 3.91. The lowest BCUT2D eigenvalue weighted by Crippen LogP contribution is -2.39. The molecule has 0 amide bonds. The van der Waals surface area contributed by atoms with Crippen LogP contribution in [-0.4, -0.2) is 25.8 Å². The van der Waals surface area contributed by atoms with Gasteiger partial charge < -0.3 is 10.2 Å². The van der Waals surface area contributed by atoms with Crippen molar-refractivity contribution in [3.63, 3.8) is 0 Å². The summed E-state index contributed by atoms with van der Waals surface area (Å²) in [6.07, 6.45) is -3.91. The predicted molar refractivity (Wildman–Crippen MR) is 74.8 cm³/mol. The van der Waals surface area contributed by atoms with E-state index in [1.807, 2.05) is 11.8 Å². The van der Waals surface area contributed by atoms with Crippen molar-refractivity contribution >= 4 is 5.69 Å². The Morgan fingerprint density at radius 2 is 1.90 bits per heavy atom. The molecule has 118 valence electrons. The molecule has 0 spiro atoms. The van der Waals surface area contributed by atoms with Crippen molar-refractivity contribution in [1.82, 2.24) is 5.32 Å². The van der Waals surface area contributed by atoms with E-state index in [4.69, 9.17) is 0 Å². The van der Waals surface area contributed by atoms with Crippen LogP contribution in [0.15, 0.2) is 18.2 Å². The molecular weight excluding hydrogens is 284 g/mol. The molecule has 0 saturated carbocycles. The van der Waals surface area contributed by atoms with Crippen molar-refractivity contribution in [1.29, 1.82) is 0 Å². The maximum Gasteiger partial charge on any atom is 0.391 e. The Hall–Kier alpha value is -1.30. The summed E-state index contributed by atoms with van der Waals surface area (Å²) in [4.78, 5) is 1.92. The van der Waals surface area contributed by atoms with E-state index >= 15 is 0 Å². The molecule has 1 saturated heterocycles. The molecule has 1 aliphatic heterocycles. The van der Waals surface area contributed by atoms with E-state index < -0.39 is 12.1 Å². The van der Waals surface area contributed by atoms with Gasteiger partial charge in [-0.3, -0.25) is 0 Å². The molecule has 0 aliphatic carbocycles. The lowest BCUT2D eigenvalue weighted by Gasteiger charge is -2.35. The highest BCUT2D eigenvalue weighted by Gasteiger charge is 2.41. The third kappa shape index (κ3) is 4.09. The van der Waals surface area contributed by atoms with Gasteiger partial charge in [-0.05, 0) is 43.1 Å². The fourth-order valence-electron chi connectivity index (χ4n) is 2.71. The van der Waals surface area contributed by atoms with Gasteiger partial charge in [-0.1, -0.05) is 6.92 Å². The Morgan fingerprint density at radius 1 is 1.24 bits per heavy atom. The number of benzene rings is 1. The first kappa shape index (κ1) is 16.1. The monoisotopic (exact) mass is 304 g/mol. The predicted octanol–water partition coefficient (Wildman–Crippen LogP) is 3.71. The fraction of sp³-hybridized carbons (Fsp3) is 0.600. The Labute approximate surface area is 122 Å². The van der Waals surface area contributed by atoms with E-state index in [9.17, 15) is 17.6 Å². The van der Waals surface area contributed by atoms with Crippen LogP contribution in [0.25, 0.3) is 0 Å². The minimum atomic E-state index is -4.11. The van der Waals surface area contributed by atoms with Gasteiger partial charge in [0, 0.05) is 25.3 Å². The van der Waals surface area contributed by atoms with Crippen LogP contribution in [0.1, 0.15) is 25.3 Å². The zero-order chi connectivity index (χ0) is 15.5. The van der Waals surface area contributed by atoms with Crippen LogP contribution in [0.4, 0.5) is 23.2 Å². The Morgan fingerprint density at radius 3 is 2.48 bits per heavy atom. The molecule has 21 heavy (non-hydrogen) atoms. The molecule has 1 heterocycles. The second-order valence-corrected chi connectivity index (χ2v) is 5.36. The van der Waals surface area contributed by atoms with Gasteiger partial charge >= 0.3 is 6.18 Å². The van der Waals surface area contributed by atoms with Gasteiger partial charge in [0.25, 0.3) is 0 Å². The zero-order valence-electron chi connectivity index (χ0n) is 12.0. The molecule has 0 radical (unpaired) electrons. The van der Waals surface area contributed by atoms with Gasteiger partial charge in [0.1, 0.15) is 5.82 Å². The molecule has 1 aliphatic rings. The van der Waals surface area contributed by atoms with Crippen LogP contribution >= 0.6 is 0 Å². The summed E-state index contributed by atoms with van der Waals surface area (Å²) in [5.74, 6) is -1.54. The summed E-state index contributed by atoms with van der Waals surface area (Å²) in [6.45, 7) is 3.94. The average Bonchev–Trinajstić information content (AvgIpc) is 2.44. The number of nitrogens with one attached hydrogen (secondary N) is 1. The number of hydrogen-bond donors (Lipinski definition) is 1. The standard InChI is InChI=1S/C15H20F4N2/c1-2-20-10-11-9-13(16)3-4-14(11)21-7-5-12(6-8-21)15(17,18)19/h3-4,9,12,20H,2,5-8,10H2,1H3. The molecular formula is C15H20F4N2. The summed E-state index contributed by atoms with van der Waals surface area (Å²) in [7, 11) is 0. The van der Waals surface area contributed by atoms with Crippen molar-refractivity contribution in [2.75, 3.05) is 24.5 Å². The molecule has 2 rings (SSSR count). The molecule has 0 atom stereocenters. The Balaban J connectivity index is 2.09. The first-order chi connectivity index (χ1) is 9.91. The maximum atomic E-state index is 13.4. The first-order valence-corrected chi connectivity index (χ1v) is 7.22. The van der Waals surface area contributed by atoms with Gasteiger partial charge in [-0.2, -0.15) is 13.2 Å². The second kappa shape index (κ2) is 6.64. The number of anilines is 1. The smallest absolute Gasteiger partial charge is 0.371 e. The minimum absolute atomic E-state index is 0.0987. The molecule has 1 fully saturated rings. The van der Waals surface area contributed by atoms with Crippen molar-refractivity contribution in [2.24, 2.45) is 5.92 Å². The van der Waals surface area contributed by atoms with Gasteiger partial charge in [-0.25, -0.2) is 4.39 Å². The van der Waals surface area contributed by atoms with Crippen molar-refractivity contribution in [2.45, 2.75) is 32.5 Å². The summed E-state index contributed by atoms with van der Waals surface area (Å²) in [5.41, 5.74) is 1.63. The molecule has 0 bridgehead atoms. The number of rotatable bonds is 4. The van der Waals surface area contributed by atoms with E-state index in [1.54, 1.807) is 6.07 Å². The van der Waals surface area contributed by atoms with Gasteiger partial charge in [-0.15, -0.1) is 0 Å². The molecule has 1 N–H and O–H groups in total. The van der Waals surface area contributed by atoms with Gasteiger partial charge in [0.15, 0.2) is 0 Å². The van der Waals surface area contributed by atoms with Crippen molar-refractivity contribution < 1.29 is 17.6 Å². The van der Waals surface area contributed by atoms with Crippen LogP contribution in [0.5, 0.6) is 0 Å². The number of piperidine rings is 1. The first-order valence-electron chi connectivity index (χ1n) is 7.22. The van der Waals surface area contributed by atoms with Crippen LogP contribution in [0.2, 0.25) is 0 Å². The van der Waals surface area contributed by atoms with E-state index in [-0.39, 0.29) is 18.7 Å². The highest BCUT2D eigenvalue weighted by atomic mass is 19.4. The SMILES string of the molecule is CCNCc1cc(F)ccc1N1CCC(C(F)(F)F)CC1. The minimum Gasteiger partial charge on any atom is -0.371 e. The largest absolute Gasteiger partial charge is 0.391 e. The maximum absolute atomic E-state index is 13.4. The molecule has 0 aromatic heterocycles. The van der Waals surface area contributed by atoms with E-state index in [1.165, 1.54) is 12.1 Å². The van der Waals surface area contributed by atoms with E-state index in [0.717, 1.165) is 17.8 Å². The Kier molecular flexibility index (Phi) is 5.08. The van der Waals surface area contributed by atoms with E-state index in [2.05, 4.69) is 5.32 Å². The normalized spacial score (nSPS) is 17.3. The molecule has 2 nitrogen and oxygen atoms in total. The molecule has 1 aromatic rings. The van der Waals surface area contributed by atoms with Gasteiger partial charge in [0.2, 0.25) is 0 Å². The summed E-state index contributed by atoms with van der Waals surface area (Å²) >= 11 is 0. The average molecular weight is 304 g/mol. The number of alkyl halides is 3. The van der Waals surface area contributed by atoms with Crippen molar-refractivity contribution in [3.8, 4) is 0 Å². The topological polar surface area (TPSA) is 15.3 Å². The number of halogens is 4. The summed E-state index contributed by atoms with van der Waals surface area (Å²) in [5, 5.41) is 3.13. The van der Waals surface area contributed by atoms with Crippen LogP contribution < -0.4 is 10.2 Å². The highest BCUT2D eigenvalue weighted by molar-refractivity contribution is 5.54. The van der Waals surface area contributed by atoms with E-state index in [0.29, 0.717) is 19.6 Å². The number of nitrogens with zero attached hydrogens (tertiary/aromatic N) is 1. The number of hydrogen-bond acceptors (Lipinski definition) is 2. The van der Waals surface area contributed by atoms with Crippen molar-refractivity contribution in [3.05, 3.63) is 29.6 Å². The second-order valence-electron chi connectivity index (χ2n) is 5.36. The summed E-state index contributed by atoms with van der Waals surface area (Å²) < 4.78 is 51.4. The quantitative estimate of drug-likeness (QED) is 0.853. The van der Waals surface area contributed by atoms with Crippen LogP contribution in [0, 0.1) is 11.7 Å². The lowest BCUT2D eigenvalue weighted by atomic mass is 9.95. The molecule has 6 heteroatoms. The lowest BCUT2D eigenvalue weighted by molar-refractivity contribution is -0.179. The van der Waals surface area contributed by atoms with Gasteiger partial charge in [0.05, 0.1) is 5.92 Å². The molecule has 1 aromatic carbocycles. The zero-order valence-corrected chi connectivity index (χ0v) is 12.0. The Bertz CT molecular complexity index is 465. The highest BCUT2D eigenvalue weighted by Crippen LogP contribution is 2.36. The fourth-order valence-corrected chi connectivity index (χ4v) is 2.71. The van der Waals surface area contributed by atoms with Crippen LogP contribution in [-0.2, 0) is 6.54 Å². The summed E-state index contributed by atoms with van der Waals surface area (Å²) in [6, 6.07) is 4.48. The molecule has 0 unspecified atom stereocenters. The third-order valence-corrected chi connectivity index (χ3v) is 3.91.